The summed E-state index contributed by atoms with van der Waals surface area (Å²) in [5.41, 5.74) is 8.44. The lowest BCUT2D eigenvalue weighted by Gasteiger charge is -2.15. The molecule has 2 aromatic heterocycles. The molecule has 1 amide bonds. The third-order valence-corrected chi connectivity index (χ3v) is 7.19. The number of rotatable bonds is 4. The van der Waals surface area contributed by atoms with Crippen molar-refractivity contribution in [2.24, 2.45) is 5.73 Å². The number of hydrogen-bond donors (Lipinski definition) is 1. The summed E-state index contributed by atoms with van der Waals surface area (Å²) < 4.78 is 1.63. The number of fused-ring (bicyclic) bond motifs is 3. The first-order valence-corrected chi connectivity index (χ1v) is 10.8. The van der Waals surface area contributed by atoms with E-state index < -0.39 is 11.2 Å². The van der Waals surface area contributed by atoms with Crippen molar-refractivity contribution in [3.05, 3.63) is 50.6 Å². The summed E-state index contributed by atoms with van der Waals surface area (Å²) in [6.07, 6.45) is 4.22. The number of carbonyl (C=O) groups is 1. The van der Waals surface area contributed by atoms with Crippen molar-refractivity contribution in [2.75, 3.05) is 0 Å². The minimum absolute atomic E-state index is 0.0533. The first-order valence-electron chi connectivity index (χ1n) is 9.06. The number of primary amides is 1. The standard InChI is InChI=1S/C20H21N3O2S2/c1-11-7-9-13(10-8-11)23-19(25)16-14-5-3-4-6-15(14)27-18(16)22-20(23)26-12(2)17(21)24/h7-10,12H,3-6H2,1-2H3,(H2,21,24). The van der Waals surface area contributed by atoms with Gasteiger partial charge in [-0.05, 0) is 57.2 Å². The Morgan fingerprint density at radius 2 is 1.96 bits per heavy atom. The van der Waals surface area contributed by atoms with Gasteiger partial charge < -0.3 is 5.73 Å². The van der Waals surface area contributed by atoms with E-state index in [4.69, 9.17) is 10.7 Å². The van der Waals surface area contributed by atoms with E-state index in [1.165, 1.54) is 22.2 Å². The Kier molecular flexibility index (Phi) is 4.82. The molecule has 2 heterocycles. The smallest absolute Gasteiger partial charge is 0.267 e. The van der Waals surface area contributed by atoms with E-state index in [1.807, 2.05) is 31.2 Å². The lowest BCUT2D eigenvalue weighted by molar-refractivity contribution is -0.117. The molecule has 1 aliphatic rings. The van der Waals surface area contributed by atoms with Gasteiger partial charge >= 0.3 is 0 Å². The van der Waals surface area contributed by atoms with E-state index in [0.29, 0.717) is 5.16 Å². The highest BCUT2D eigenvalue weighted by atomic mass is 32.2. The van der Waals surface area contributed by atoms with Crippen LogP contribution in [-0.2, 0) is 17.6 Å². The lowest BCUT2D eigenvalue weighted by atomic mass is 9.97. The first kappa shape index (κ1) is 18.3. The van der Waals surface area contributed by atoms with Crippen molar-refractivity contribution in [3.8, 4) is 5.69 Å². The lowest BCUT2D eigenvalue weighted by Crippen LogP contribution is -2.26. The molecule has 2 N–H and O–H groups in total. The van der Waals surface area contributed by atoms with Crippen LogP contribution < -0.4 is 11.3 Å². The molecule has 5 nitrogen and oxygen atoms in total. The van der Waals surface area contributed by atoms with Crippen LogP contribution in [0.3, 0.4) is 0 Å². The number of aryl methyl sites for hydroxylation is 3. The third-order valence-electron chi connectivity index (χ3n) is 4.93. The zero-order chi connectivity index (χ0) is 19.1. The molecular formula is C20H21N3O2S2. The highest BCUT2D eigenvalue weighted by Gasteiger charge is 2.24. The maximum atomic E-state index is 13.5. The maximum absolute atomic E-state index is 13.5. The Morgan fingerprint density at radius 3 is 2.67 bits per heavy atom. The largest absolute Gasteiger partial charge is 0.369 e. The molecule has 0 saturated carbocycles. The van der Waals surface area contributed by atoms with Crippen molar-refractivity contribution in [1.82, 2.24) is 9.55 Å². The summed E-state index contributed by atoms with van der Waals surface area (Å²) in [6, 6.07) is 7.78. The molecule has 3 aromatic rings. The minimum Gasteiger partial charge on any atom is -0.369 e. The van der Waals surface area contributed by atoms with Crippen molar-refractivity contribution in [2.45, 2.75) is 49.9 Å². The molecule has 0 spiro atoms. The zero-order valence-electron chi connectivity index (χ0n) is 15.3. The van der Waals surface area contributed by atoms with Gasteiger partial charge in [-0.25, -0.2) is 4.98 Å². The van der Waals surface area contributed by atoms with Crippen molar-refractivity contribution >= 4 is 39.2 Å². The van der Waals surface area contributed by atoms with Gasteiger partial charge in [0.2, 0.25) is 5.91 Å². The van der Waals surface area contributed by atoms with Crippen LogP contribution in [0, 0.1) is 6.92 Å². The SMILES string of the molecule is Cc1ccc(-n2c(SC(C)C(N)=O)nc3sc4c(c3c2=O)CCCC4)cc1. The molecule has 1 aromatic carbocycles. The van der Waals surface area contributed by atoms with Crippen LogP contribution in [0.25, 0.3) is 15.9 Å². The summed E-state index contributed by atoms with van der Waals surface area (Å²) in [7, 11) is 0. The van der Waals surface area contributed by atoms with Crippen LogP contribution in [0.5, 0.6) is 0 Å². The van der Waals surface area contributed by atoms with Crippen LogP contribution in [0.15, 0.2) is 34.2 Å². The molecule has 1 unspecified atom stereocenters. The van der Waals surface area contributed by atoms with Crippen molar-refractivity contribution in [3.63, 3.8) is 0 Å². The van der Waals surface area contributed by atoms with Gasteiger partial charge in [-0.1, -0.05) is 29.5 Å². The Bertz CT molecular complexity index is 1080. The molecule has 0 saturated heterocycles. The van der Waals surface area contributed by atoms with E-state index in [1.54, 1.807) is 22.8 Å². The number of nitrogens with two attached hydrogens (primary N) is 1. The normalized spacial score (nSPS) is 14.9. The zero-order valence-corrected chi connectivity index (χ0v) is 17.0. The van der Waals surface area contributed by atoms with E-state index in [2.05, 4.69) is 0 Å². The second-order valence-corrected chi connectivity index (χ2v) is 9.32. The molecule has 1 atom stereocenters. The fourth-order valence-corrected chi connectivity index (χ4v) is 5.58. The predicted molar refractivity (Wildman–Crippen MR) is 111 cm³/mol. The van der Waals surface area contributed by atoms with Gasteiger partial charge in [0.05, 0.1) is 16.3 Å². The van der Waals surface area contributed by atoms with Gasteiger partial charge in [0.25, 0.3) is 5.56 Å². The molecule has 27 heavy (non-hydrogen) atoms. The van der Waals surface area contributed by atoms with E-state index in [0.717, 1.165) is 47.2 Å². The second-order valence-electron chi connectivity index (χ2n) is 6.92. The molecule has 0 bridgehead atoms. The highest BCUT2D eigenvalue weighted by Crippen LogP contribution is 2.35. The summed E-state index contributed by atoms with van der Waals surface area (Å²) >= 11 is 2.85. The molecule has 4 rings (SSSR count). The maximum Gasteiger partial charge on any atom is 0.267 e. The van der Waals surface area contributed by atoms with Crippen molar-refractivity contribution < 1.29 is 4.79 Å². The molecule has 0 radical (unpaired) electrons. The van der Waals surface area contributed by atoms with E-state index >= 15 is 0 Å². The molecule has 0 aliphatic heterocycles. The molecule has 0 fully saturated rings. The molecular weight excluding hydrogens is 378 g/mol. The van der Waals surface area contributed by atoms with Gasteiger partial charge in [0.15, 0.2) is 5.16 Å². The Morgan fingerprint density at radius 1 is 1.26 bits per heavy atom. The summed E-state index contributed by atoms with van der Waals surface area (Å²) in [5.74, 6) is -0.421. The van der Waals surface area contributed by atoms with Crippen LogP contribution in [0.4, 0.5) is 0 Å². The first-order chi connectivity index (χ1) is 13.0. The van der Waals surface area contributed by atoms with E-state index in [9.17, 15) is 9.59 Å². The molecule has 140 valence electrons. The number of nitrogens with zero attached hydrogens (tertiary/aromatic N) is 2. The number of amides is 1. The fourth-order valence-electron chi connectivity index (χ4n) is 3.40. The second kappa shape index (κ2) is 7.13. The van der Waals surface area contributed by atoms with Crippen LogP contribution in [-0.4, -0.2) is 20.7 Å². The number of aromatic nitrogens is 2. The average Bonchev–Trinajstić information content (AvgIpc) is 3.01. The number of thiophene rings is 1. The number of carbonyl (C=O) groups excluding carboxylic acids is 1. The van der Waals surface area contributed by atoms with E-state index in [-0.39, 0.29) is 5.56 Å². The quantitative estimate of drug-likeness (QED) is 0.537. The molecule has 1 aliphatic carbocycles. The fraction of sp³-hybridized carbons (Fsp3) is 0.350. The van der Waals surface area contributed by atoms with Crippen LogP contribution in [0.1, 0.15) is 35.8 Å². The topological polar surface area (TPSA) is 78.0 Å². The van der Waals surface area contributed by atoms with Gasteiger partial charge in [-0.2, -0.15) is 0 Å². The Hall–Kier alpha value is -2.12. The van der Waals surface area contributed by atoms with Crippen LogP contribution in [0.2, 0.25) is 0 Å². The monoisotopic (exact) mass is 399 g/mol. The Balaban J connectivity index is 1.98. The van der Waals surface area contributed by atoms with Gasteiger partial charge in [-0.3, -0.25) is 14.2 Å². The van der Waals surface area contributed by atoms with Gasteiger partial charge in [0, 0.05) is 4.88 Å². The number of hydrogen-bond acceptors (Lipinski definition) is 5. The average molecular weight is 400 g/mol. The third kappa shape index (κ3) is 3.30. The van der Waals surface area contributed by atoms with Crippen molar-refractivity contribution in [1.29, 1.82) is 0 Å². The summed E-state index contributed by atoms with van der Waals surface area (Å²) in [4.78, 5) is 32.0. The molecule has 7 heteroatoms. The van der Waals surface area contributed by atoms with Crippen LogP contribution >= 0.6 is 23.1 Å². The van der Waals surface area contributed by atoms with Gasteiger partial charge in [0.1, 0.15) is 4.83 Å². The Labute approximate surface area is 165 Å². The number of thioether (sulfide) groups is 1. The minimum atomic E-state index is -0.472. The summed E-state index contributed by atoms with van der Waals surface area (Å²) in [5, 5.41) is 0.785. The highest BCUT2D eigenvalue weighted by molar-refractivity contribution is 8.00. The van der Waals surface area contributed by atoms with Gasteiger partial charge in [-0.15, -0.1) is 11.3 Å². The summed E-state index contributed by atoms with van der Waals surface area (Å²) in [6.45, 7) is 3.75. The predicted octanol–water partition coefficient (Wildman–Crippen LogP) is 3.60. The number of benzene rings is 1.